The van der Waals surface area contributed by atoms with E-state index in [1.54, 1.807) is 24.3 Å². The Labute approximate surface area is 176 Å². The fraction of sp³-hybridized carbons (Fsp3) is 0.318. The number of nitrogens with one attached hydrogen (secondary N) is 2. The number of H-pyrrole nitrogens is 1. The van der Waals surface area contributed by atoms with Crippen LogP contribution in [0.15, 0.2) is 59.6 Å². The van der Waals surface area contributed by atoms with Gasteiger partial charge in [0.15, 0.2) is 0 Å². The SMILES string of the molecule is O=C(CCc1c[nH]c2ccccc12)NCc1ccc(S(=O)(=O)N2CCOCC2)cc1. The van der Waals surface area contributed by atoms with Gasteiger partial charge in [0.05, 0.1) is 18.1 Å². The van der Waals surface area contributed by atoms with E-state index in [0.717, 1.165) is 22.0 Å². The van der Waals surface area contributed by atoms with Gasteiger partial charge in [-0.15, -0.1) is 0 Å². The van der Waals surface area contributed by atoms with Crippen LogP contribution in [0.3, 0.4) is 0 Å². The number of rotatable bonds is 7. The second-order valence-electron chi connectivity index (χ2n) is 7.30. The quantitative estimate of drug-likeness (QED) is 0.606. The van der Waals surface area contributed by atoms with E-state index in [0.29, 0.717) is 45.7 Å². The minimum atomic E-state index is -3.50. The van der Waals surface area contributed by atoms with E-state index in [2.05, 4.69) is 10.3 Å². The van der Waals surface area contributed by atoms with Crippen LogP contribution in [0.25, 0.3) is 10.9 Å². The summed E-state index contributed by atoms with van der Waals surface area (Å²) in [6.07, 6.45) is 3.00. The largest absolute Gasteiger partial charge is 0.379 e. The zero-order valence-corrected chi connectivity index (χ0v) is 17.5. The number of hydrogen-bond acceptors (Lipinski definition) is 4. The minimum Gasteiger partial charge on any atom is -0.379 e. The van der Waals surface area contributed by atoms with E-state index in [1.165, 1.54) is 4.31 Å². The van der Waals surface area contributed by atoms with Crippen molar-refractivity contribution in [1.29, 1.82) is 0 Å². The molecule has 0 spiro atoms. The molecule has 0 saturated carbocycles. The van der Waals surface area contributed by atoms with Crippen LogP contribution in [0.4, 0.5) is 0 Å². The minimum absolute atomic E-state index is 0.0368. The number of aromatic amines is 1. The first-order valence-corrected chi connectivity index (χ1v) is 11.5. The summed E-state index contributed by atoms with van der Waals surface area (Å²) in [5.41, 5.74) is 3.05. The molecule has 1 amide bonds. The van der Waals surface area contributed by atoms with Crippen LogP contribution in [0.2, 0.25) is 0 Å². The Morgan fingerprint density at radius 1 is 1.07 bits per heavy atom. The molecule has 1 aromatic heterocycles. The van der Waals surface area contributed by atoms with Gasteiger partial charge < -0.3 is 15.0 Å². The van der Waals surface area contributed by atoms with Gasteiger partial charge in [0.25, 0.3) is 0 Å². The van der Waals surface area contributed by atoms with Crippen LogP contribution in [0.1, 0.15) is 17.5 Å². The topological polar surface area (TPSA) is 91.5 Å². The van der Waals surface area contributed by atoms with Gasteiger partial charge in [-0.1, -0.05) is 30.3 Å². The summed E-state index contributed by atoms with van der Waals surface area (Å²) >= 11 is 0. The van der Waals surface area contributed by atoms with Crippen LogP contribution in [0, 0.1) is 0 Å². The number of sulfonamides is 1. The molecule has 3 aromatic rings. The van der Waals surface area contributed by atoms with Gasteiger partial charge in [-0.25, -0.2) is 8.42 Å². The molecule has 2 heterocycles. The number of benzene rings is 2. The average Bonchev–Trinajstić information content (AvgIpc) is 3.20. The van der Waals surface area contributed by atoms with Gasteiger partial charge in [0.2, 0.25) is 15.9 Å². The number of amides is 1. The average molecular weight is 428 g/mol. The number of morpholine rings is 1. The standard InChI is InChI=1S/C22H25N3O4S/c26-22(10-7-18-16-23-21-4-2-1-3-20(18)21)24-15-17-5-8-19(9-6-17)30(27,28)25-11-13-29-14-12-25/h1-6,8-9,16,23H,7,10-15H2,(H,24,26). The lowest BCUT2D eigenvalue weighted by atomic mass is 10.1. The molecule has 4 rings (SSSR count). The fourth-order valence-corrected chi connectivity index (χ4v) is 5.00. The number of para-hydroxylation sites is 1. The lowest BCUT2D eigenvalue weighted by molar-refractivity contribution is -0.121. The first-order valence-electron chi connectivity index (χ1n) is 10.0. The summed E-state index contributed by atoms with van der Waals surface area (Å²) < 4.78 is 32.0. The van der Waals surface area contributed by atoms with E-state index >= 15 is 0 Å². The third-order valence-corrected chi connectivity index (χ3v) is 7.23. The molecule has 0 bridgehead atoms. The van der Waals surface area contributed by atoms with Gasteiger partial charge >= 0.3 is 0 Å². The monoisotopic (exact) mass is 427 g/mol. The highest BCUT2D eigenvalue weighted by Crippen LogP contribution is 2.19. The second-order valence-corrected chi connectivity index (χ2v) is 9.23. The summed E-state index contributed by atoms with van der Waals surface area (Å²) in [5.74, 6) is -0.0368. The molecule has 0 atom stereocenters. The van der Waals surface area contributed by atoms with E-state index in [-0.39, 0.29) is 10.8 Å². The van der Waals surface area contributed by atoms with Crippen molar-refractivity contribution >= 4 is 26.8 Å². The Hall–Kier alpha value is -2.68. The van der Waals surface area contributed by atoms with Crippen LogP contribution in [-0.2, 0) is 32.5 Å². The Bertz CT molecular complexity index is 1120. The predicted octanol–water partition coefficient (Wildman–Crippen LogP) is 2.44. The van der Waals surface area contributed by atoms with Crippen LogP contribution in [-0.4, -0.2) is 49.9 Å². The molecule has 2 N–H and O–H groups in total. The maximum atomic E-state index is 12.7. The molecule has 30 heavy (non-hydrogen) atoms. The summed E-state index contributed by atoms with van der Waals surface area (Å²) in [5, 5.41) is 4.05. The molecule has 0 unspecified atom stereocenters. The van der Waals surface area contributed by atoms with Crippen molar-refractivity contribution in [3.63, 3.8) is 0 Å². The molecule has 1 saturated heterocycles. The smallest absolute Gasteiger partial charge is 0.243 e. The number of hydrogen-bond donors (Lipinski definition) is 2. The summed E-state index contributed by atoms with van der Waals surface area (Å²) in [4.78, 5) is 15.7. The lowest BCUT2D eigenvalue weighted by Crippen LogP contribution is -2.40. The van der Waals surface area contributed by atoms with Gasteiger partial charge in [0, 0.05) is 43.2 Å². The predicted molar refractivity (Wildman–Crippen MR) is 114 cm³/mol. The zero-order chi connectivity index (χ0) is 21.0. The van der Waals surface area contributed by atoms with Crippen molar-refractivity contribution in [2.75, 3.05) is 26.3 Å². The van der Waals surface area contributed by atoms with Crippen molar-refractivity contribution in [1.82, 2.24) is 14.6 Å². The molecule has 2 aromatic carbocycles. The van der Waals surface area contributed by atoms with Crippen molar-refractivity contribution < 1.29 is 17.9 Å². The van der Waals surface area contributed by atoms with Gasteiger partial charge in [0.1, 0.15) is 0 Å². The number of carbonyl (C=O) groups is 1. The van der Waals surface area contributed by atoms with Crippen molar-refractivity contribution in [3.8, 4) is 0 Å². The first kappa shape index (κ1) is 20.6. The molecular weight excluding hydrogens is 402 g/mol. The Kier molecular flexibility index (Phi) is 6.17. The molecule has 0 radical (unpaired) electrons. The van der Waals surface area contributed by atoms with Crippen molar-refractivity contribution in [3.05, 3.63) is 65.9 Å². The molecular formula is C22H25N3O4S. The van der Waals surface area contributed by atoms with Gasteiger partial charge in [-0.3, -0.25) is 4.79 Å². The molecule has 0 aliphatic carbocycles. The molecule has 1 aliphatic rings. The van der Waals surface area contributed by atoms with Crippen molar-refractivity contribution in [2.45, 2.75) is 24.3 Å². The molecule has 1 fully saturated rings. The van der Waals surface area contributed by atoms with E-state index in [4.69, 9.17) is 4.74 Å². The summed E-state index contributed by atoms with van der Waals surface area (Å²) in [7, 11) is -3.50. The number of aryl methyl sites for hydroxylation is 1. The zero-order valence-electron chi connectivity index (χ0n) is 16.6. The Morgan fingerprint density at radius 2 is 1.80 bits per heavy atom. The number of nitrogens with zero attached hydrogens (tertiary/aromatic N) is 1. The summed E-state index contributed by atoms with van der Waals surface area (Å²) in [6.45, 7) is 1.95. The van der Waals surface area contributed by atoms with E-state index in [9.17, 15) is 13.2 Å². The Morgan fingerprint density at radius 3 is 2.57 bits per heavy atom. The lowest BCUT2D eigenvalue weighted by Gasteiger charge is -2.26. The third-order valence-electron chi connectivity index (χ3n) is 5.32. The van der Waals surface area contributed by atoms with E-state index in [1.807, 2.05) is 30.5 Å². The van der Waals surface area contributed by atoms with E-state index < -0.39 is 10.0 Å². The number of fused-ring (bicyclic) bond motifs is 1. The first-order chi connectivity index (χ1) is 14.5. The maximum absolute atomic E-state index is 12.7. The summed E-state index contributed by atoms with van der Waals surface area (Å²) in [6, 6.07) is 14.7. The highest BCUT2D eigenvalue weighted by atomic mass is 32.2. The van der Waals surface area contributed by atoms with Gasteiger partial charge in [-0.2, -0.15) is 4.31 Å². The molecule has 8 heteroatoms. The van der Waals surface area contributed by atoms with Crippen LogP contribution < -0.4 is 5.32 Å². The number of ether oxygens (including phenoxy) is 1. The second kappa shape index (κ2) is 8.99. The van der Waals surface area contributed by atoms with Crippen LogP contribution >= 0.6 is 0 Å². The molecule has 158 valence electrons. The molecule has 7 nitrogen and oxygen atoms in total. The van der Waals surface area contributed by atoms with Crippen molar-refractivity contribution in [2.24, 2.45) is 0 Å². The Balaban J connectivity index is 1.30. The number of carbonyl (C=O) groups excluding carboxylic acids is 1. The van der Waals surface area contributed by atoms with Gasteiger partial charge in [-0.05, 0) is 35.7 Å². The highest BCUT2D eigenvalue weighted by Gasteiger charge is 2.26. The molecule has 1 aliphatic heterocycles. The highest BCUT2D eigenvalue weighted by molar-refractivity contribution is 7.89. The van der Waals surface area contributed by atoms with Crippen LogP contribution in [0.5, 0.6) is 0 Å². The number of aromatic nitrogens is 1. The maximum Gasteiger partial charge on any atom is 0.243 e. The third kappa shape index (κ3) is 4.56. The normalized spacial score (nSPS) is 15.3. The fourth-order valence-electron chi connectivity index (χ4n) is 3.59.